The number of ether oxygens (including phenoxy) is 1. The highest BCUT2D eigenvalue weighted by atomic mass is 16.5. The molecule has 0 radical (unpaired) electrons. The average Bonchev–Trinajstić information content (AvgIpc) is 3.25. The van der Waals surface area contributed by atoms with Crippen molar-refractivity contribution in [1.29, 1.82) is 0 Å². The molecule has 1 heterocycles. The average molecular weight is 573 g/mol. The van der Waals surface area contributed by atoms with Crippen molar-refractivity contribution in [2.75, 3.05) is 0 Å². The Balaban J connectivity index is 1.55. The third-order valence-corrected chi connectivity index (χ3v) is 9.51. The summed E-state index contributed by atoms with van der Waals surface area (Å²) in [6, 6.07) is 41.2. The monoisotopic (exact) mass is 572 g/mol. The fraction of sp³-hybridized carbons (Fsp3) is 0.256. The molecule has 1 nitrogen and oxygen atoms in total. The maximum absolute atomic E-state index is 7.14. The van der Waals surface area contributed by atoms with Crippen LogP contribution in [-0.4, -0.2) is 0 Å². The van der Waals surface area contributed by atoms with Crippen LogP contribution in [0.2, 0.25) is 0 Å². The first-order valence-corrected chi connectivity index (χ1v) is 16.0. The van der Waals surface area contributed by atoms with Gasteiger partial charge in [-0.2, -0.15) is 0 Å². The van der Waals surface area contributed by atoms with Gasteiger partial charge in [-0.05, 0) is 67.8 Å². The Bertz CT molecular complexity index is 1960. The van der Waals surface area contributed by atoms with Crippen molar-refractivity contribution in [3.8, 4) is 22.6 Å². The molecule has 0 saturated heterocycles. The van der Waals surface area contributed by atoms with Crippen LogP contribution in [0.15, 0.2) is 109 Å². The summed E-state index contributed by atoms with van der Waals surface area (Å²) in [7, 11) is 0. The lowest BCUT2D eigenvalue weighted by Crippen LogP contribution is -2.32. The van der Waals surface area contributed by atoms with Gasteiger partial charge in [0.1, 0.15) is 11.5 Å². The zero-order valence-electron chi connectivity index (χ0n) is 26.7. The summed E-state index contributed by atoms with van der Waals surface area (Å²) in [6.07, 6.45) is 2.04. The quantitative estimate of drug-likeness (QED) is 0.200. The van der Waals surface area contributed by atoms with Crippen molar-refractivity contribution in [3.63, 3.8) is 0 Å². The largest absolute Gasteiger partial charge is 0.455 e. The fourth-order valence-electron chi connectivity index (χ4n) is 7.99. The molecule has 0 unspecified atom stereocenters. The summed E-state index contributed by atoms with van der Waals surface area (Å²) in [5, 5.41) is 4.72. The van der Waals surface area contributed by atoms with E-state index in [1.54, 1.807) is 0 Å². The maximum Gasteiger partial charge on any atom is 0.140 e. The van der Waals surface area contributed by atoms with Gasteiger partial charge in [0.15, 0.2) is 0 Å². The van der Waals surface area contributed by atoms with Crippen molar-refractivity contribution in [2.24, 2.45) is 10.8 Å². The number of hydrogen-bond donors (Lipinski definition) is 0. The Kier molecular flexibility index (Phi) is 5.76. The molecule has 6 aromatic rings. The molecular formula is C43H40O. The third kappa shape index (κ3) is 4.05. The molecule has 1 heteroatoms. The Labute approximate surface area is 261 Å². The van der Waals surface area contributed by atoms with E-state index in [0.29, 0.717) is 0 Å². The Morgan fingerprint density at radius 1 is 0.477 bits per heavy atom. The second-order valence-electron chi connectivity index (χ2n) is 15.4. The van der Waals surface area contributed by atoms with E-state index in [2.05, 4.69) is 151 Å². The summed E-state index contributed by atoms with van der Waals surface area (Å²) >= 11 is 0. The normalized spacial score (nSPS) is 14.7. The molecule has 44 heavy (non-hydrogen) atoms. The minimum Gasteiger partial charge on any atom is -0.455 e. The second kappa shape index (κ2) is 9.32. The minimum absolute atomic E-state index is 0.185. The van der Waals surface area contributed by atoms with Crippen LogP contribution in [0.5, 0.6) is 11.5 Å². The highest BCUT2D eigenvalue weighted by Gasteiger charge is 2.52. The van der Waals surface area contributed by atoms with Gasteiger partial charge in [0, 0.05) is 21.9 Å². The standard InChI is InChI=1S/C43H40O/c1-41(2,3)25-27-15-19-33-34-20-16-28(26-42(4,5)6)24-38(34)43(37(33)23-27)35-21-17-29-11-7-9-13-31(29)39(35)44-40-32-14-10-8-12-30(32)18-22-36(40)43/h7-24H,25-26H2,1-6H3. The summed E-state index contributed by atoms with van der Waals surface area (Å²) in [6.45, 7) is 14.0. The summed E-state index contributed by atoms with van der Waals surface area (Å²) < 4.78 is 7.14. The van der Waals surface area contributed by atoms with E-state index < -0.39 is 5.41 Å². The van der Waals surface area contributed by atoms with E-state index in [1.165, 1.54) is 55.3 Å². The molecular weight excluding hydrogens is 532 g/mol. The zero-order chi connectivity index (χ0) is 30.4. The van der Waals surface area contributed by atoms with Crippen LogP contribution in [0, 0.1) is 10.8 Å². The number of fused-ring (bicyclic) bond motifs is 13. The molecule has 1 spiro atoms. The first-order valence-electron chi connectivity index (χ1n) is 16.0. The summed E-state index contributed by atoms with van der Waals surface area (Å²) in [4.78, 5) is 0. The zero-order valence-corrected chi connectivity index (χ0v) is 26.7. The molecule has 218 valence electrons. The van der Waals surface area contributed by atoms with Crippen LogP contribution in [0.25, 0.3) is 32.7 Å². The lowest BCUT2D eigenvalue weighted by atomic mass is 9.64. The fourth-order valence-corrected chi connectivity index (χ4v) is 7.99. The minimum atomic E-state index is -0.497. The number of rotatable bonds is 2. The first kappa shape index (κ1) is 27.2. The van der Waals surface area contributed by atoms with Crippen molar-refractivity contribution in [3.05, 3.63) is 143 Å². The van der Waals surface area contributed by atoms with Gasteiger partial charge in [-0.3, -0.25) is 0 Å². The molecule has 0 saturated carbocycles. The molecule has 0 bridgehead atoms. The summed E-state index contributed by atoms with van der Waals surface area (Å²) in [5.74, 6) is 1.96. The van der Waals surface area contributed by atoms with Crippen LogP contribution in [0.1, 0.15) is 74.9 Å². The molecule has 0 atom stereocenters. The lowest BCUT2D eigenvalue weighted by Gasteiger charge is -2.40. The Hall–Kier alpha value is -4.36. The molecule has 0 amide bonds. The molecule has 1 aliphatic carbocycles. The SMILES string of the molecule is CC(C)(C)Cc1ccc2c(c1)C1(c3cc(CC(C)(C)C)ccc3-2)c2ccc3ccccc3c2Oc2c1ccc1ccccc21. The van der Waals surface area contributed by atoms with Crippen LogP contribution >= 0.6 is 0 Å². The van der Waals surface area contributed by atoms with Gasteiger partial charge in [0.25, 0.3) is 0 Å². The van der Waals surface area contributed by atoms with E-state index >= 15 is 0 Å². The molecule has 8 rings (SSSR count). The van der Waals surface area contributed by atoms with Crippen LogP contribution in [0.3, 0.4) is 0 Å². The van der Waals surface area contributed by atoms with Gasteiger partial charge in [-0.15, -0.1) is 0 Å². The highest BCUT2D eigenvalue weighted by molar-refractivity contribution is 5.99. The van der Waals surface area contributed by atoms with E-state index in [0.717, 1.165) is 35.1 Å². The molecule has 1 aliphatic heterocycles. The van der Waals surface area contributed by atoms with E-state index in [-0.39, 0.29) is 10.8 Å². The Morgan fingerprint density at radius 2 is 0.909 bits per heavy atom. The Morgan fingerprint density at radius 3 is 1.34 bits per heavy atom. The predicted molar refractivity (Wildman–Crippen MR) is 185 cm³/mol. The van der Waals surface area contributed by atoms with Crippen molar-refractivity contribution in [1.82, 2.24) is 0 Å². The van der Waals surface area contributed by atoms with Gasteiger partial charge in [0.05, 0.1) is 5.41 Å². The maximum atomic E-state index is 7.14. The van der Waals surface area contributed by atoms with Crippen LogP contribution in [-0.2, 0) is 18.3 Å². The molecule has 6 aromatic carbocycles. The molecule has 0 aromatic heterocycles. The van der Waals surface area contributed by atoms with Crippen molar-refractivity contribution in [2.45, 2.75) is 59.8 Å². The van der Waals surface area contributed by atoms with Gasteiger partial charge in [-0.25, -0.2) is 0 Å². The molecule has 2 aliphatic rings. The van der Waals surface area contributed by atoms with Gasteiger partial charge >= 0.3 is 0 Å². The number of benzene rings is 6. The third-order valence-electron chi connectivity index (χ3n) is 9.51. The predicted octanol–water partition coefficient (Wildman–Crippen LogP) is 11.6. The van der Waals surface area contributed by atoms with E-state index in [4.69, 9.17) is 4.74 Å². The van der Waals surface area contributed by atoms with Crippen molar-refractivity contribution >= 4 is 21.5 Å². The molecule has 0 N–H and O–H groups in total. The number of hydrogen-bond acceptors (Lipinski definition) is 1. The molecule has 0 fully saturated rings. The van der Waals surface area contributed by atoms with Crippen LogP contribution in [0.4, 0.5) is 0 Å². The van der Waals surface area contributed by atoms with E-state index in [1.807, 2.05) is 0 Å². The van der Waals surface area contributed by atoms with Gasteiger partial charge in [-0.1, -0.05) is 151 Å². The first-order chi connectivity index (χ1) is 21.0. The van der Waals surface area contributed by atoms with Gasteiger partial charge in [0.2, 0.25) is 0 Å². The second-order valence-corrected chi connectivity index (χ2v) is 15.4. The van der Waals surface area contributed by atoms with Crippen molar-refractivity contribution < 1.29 is 4.74 Å². The lowest BCUT2D eigenvalue weighted by molar-refractivity contribution is 0.410. The van der Waals surface area contributed by atoms with Gasteiger partial charge < -0.3 is 4.74 Å². The van der Waals surface area contributed by atoms with E-state index in [9.17, 15) is 0 Å². The highest BCUT2D eigenvalue weighted by Crippen LogP contribution is 2.64. The topological polar surface area (TPSA) is 9.23 Å². The summed E-state index contributed by atoms with van der Waals surface area (Å²) in [5.41, 5.74) is 10.5. The van der Waals surface area contributed by atoms with Crippen LogP contribution < -0.4 is 4.74 Å². The smallest absolute Gasteiger partial charge is 0.140 e.